The molecule has 0 unspecified atom stereocenters. The molecule has 0 aliphatic heterocycles. The predicted molar refractivity (Wildman–Crippen MR) is 71.1 cm³/mol. The van der Waals surface area contributed by atoms with Crippen molar-refractivity contribution in [3.63, 3.8) is 0 Å². The number of pyridine rings is 1. The van der Waals surface area contributed by atoms with E-state index in [9.17, 15) is 0 Å². The zero-order valence-electron chi connectivity index (χ0n) is 9.13. The van der Waals surface area contributed by atoms with E-state index in [1.807, 2.05) is 30.3 Å². The summed E-state index contributed by atoms with van der Waals surface area (Å²) in [6.45, 7) is 0. The lowest BCUT2D eigenvalue weighted by Gasteiger charge is -1.98. The molecule has 0 amide bonds. The molecule has 2 aromatic heterocycles. The number of rotatable bonds is 2. The topological polar surface area (TPSA) is 51.8 Å². The Morgan fingerprint density at radius 3 is 2.88 bits per heavy atom. The summed E-state index contributed by atoms with van der Waals surface area (Å²) in [5, 5.41) is 1.11. The molecule has 0 saturated carbocycles. The van der Waals surface area contributed by atoms with E-state index in [0.29, 0.717) is 5.82 Å². The molecule has 0 aliphatic carbocycles. The average Bonchev–Trinajstić information content (AvgIpc) is 2.71. The van der Waals surface area contributed by atoms with Crippen molar-refractivity contribution in [3.05, 3.63) is 53.2 Å². The third kappa shape index (κ3) is 2.12. The second kappa shape index (κ2) is 4.14. The summed E-state index contributed by atoms with van der Waals surface area (Å²) >= 11 is 1.73. The van der Waals surface area contributed by atoms with Gasteiger partial charge in [-0.05, 0) is 29.8 Å². The van der Waals surface area contributed by atoms with Gasteiger partial charge in [-0.15, -0.1) is 11.3 Å². The average molecular weight is 241 g/mol. The molecule has 0 saturated heterocycles. The maximum absolute atomic E-state index is 5.66. The molecule has 0 spiro atoms. The molecule has 0 fully saturated rings. The summed E-state index contributed by atoms with van der Waals surface area (Å²) in [4.78, 5) is 8.58. The summed E-state index contributed by atoms with van der Waals surface area (Å²) in [6.07, 6.45) is 2.55. The summed E-state index contributed by atoms with van der Waals surface area (Å²) in [5.41, 5.74) is 7.87. The molecule has 0 atom stereocenters. The van der Waals surface area contributed by atoms with E-state index in [0.717, 1.165) is 22.5 Å². The Morgan fingerprint density at radius 2 is 2.06 bits per heavy atom. The van der Waals surface area contributed by atoms with Gasteiger partial charge in [0.25, 0.3) is 0 Å². The number of aromatic nitrogens is 2. The highest BCUT2D eigenvalue weighted by Gasteiger charge is 2.04. The summed E-state index contributed by atoms with van der Waals surface area (Å²) in [7, 11) is 0. The Labute approximate surface area is 103 Å². The van der Waals surface area contributed by atoms with Crippen molar-refractivity contribution in [1.29, 1.82) is 0 Å². The number of hydrogen-bond acceptors (Lipinski definition) is 4. The Balaban J connectivity index is 1.94. The van der Waals surface area contributed by atoms with Gasteiger partial charge >= 0.3 is 0 Å². The van der Waals surface area contributed by atoms with Crippen LogP contribution in [0.2, 0.25) is 0 Å². The first-order valence-electron chi connectivity index (χ1n) is 5.36. The monoisotopic (exact) mass is 241 g/mol. The van der Waals surface area contributed by atoms with Gasteiger partial charge in [0.15, 0.2) is 0 Å². The largest absolute Gasteiger partial charge is 0.384 e. The number of benzene rings is 1. The Kier molecular flexibility index (Phi) is 2.49. The van der Waals surface area contributed by atoms with Crippen LogP contribution in [0.15, 0.2) is 42.6 Å². The minimum Gasteiger partial charge on any atom is -0.384 e. The van der Waals surface area contributed by atoms with Crippen LogP contribution in [0.25, 0.3) is 10.2 Å². The van der Waals surface area contributed by atoms with Gasteiger partial charge in [-0.3, -0.25) is 0 Å². The first-order valence-corrected chi connectivity index (χ1v) is 6.18. The van der Waals surface area contributed by atoms with Crippen LogP contribution in [0.3, 0.4) is 0 Å². The van der Waals surface area contributed by atoms with Crippen LogP contribution >= 0.6 is 11.3 Å². The highest BCUT2D eigenvalue weighted by molar-refractivity contribution is 7.18. The van der Waals surface area contributed by atoms with Gasteiger partial charge in [0.1, 0.15) is 5.82 Å². The van der Waals surface area contributed by atoms with Crippen LogP contribution in [-0.2, 0) is 6.42 Å². The van der Waals surface area contributed by atoms with Gasteiger partial charge in [-0.2, -0.15) is 0 Å². The molecule has 84 valence electrons. The number of nitrogen functional groups attached to an aromatic ring is 1. The van der Waals surface area contributed by atoms with Crippen LogP contribution in [0, 0.1) is 0 Å². The fourth-order valence-corrected chi connectivity index (χ4v) is 2.78. The summed E-state index contributed by atoms with van der Waals surface area (Å²) in [6, 6.07) is 12.0. The smallest absolute Gasteiger partial charge is 0.123 e. The van der Waals surface area contributed by atoms with Crippen LogP contribution < -0.4 is 5.73 Å². The van der Waals surface area contributed by atoms with E-state index in [1.54, 1.807) is 17.5 Å². The van der Waals surface area contributed by atoms with Crippen molar-refractivity contribution in [1.82, 2.24) is 9.97 Å². The molecule has 17 heavy (non-hydrogen) atoms. The predicted octanol–water partition coefficient (Wildman–Crippen LogP) is 2.86. The van der Waals surface area contributed by atoms with Gasteiger partial charge in [-0.25, -0.2) is 9.97 Å². The number of thiazole rings is 1. The normalized spacial score (nSPS) is 10.8. The van der Waals surface area contributed by atoms with Gasteiger partial charge in [0.05, 0.1) is 15.2 Å². The van der Waals surface area contributed by atoms with E-state index in [-0.39, 0.29) is 0 Å². The van der Waals surface area contributed by atoms with Crippen molar-refractivity contribution in [2.75, 3.05) is 5.73 Å². The summed E-state index contributed by atoms with van der Waals surface area (Å²) < 4.78 is 1.23. The molecule has 0 bridgehead atoms. The molecule has 2 heterocycles. The molecule has 3 aromatic rings. The standard InChI is InChI=1S/C13H11N3S/c14-12-7-9(5-6-15-12)8-13-16-10-3-1-2-4-11(10)17-13/h1-7H,8H2,(H2,14,15). The number of anilines is 1. The highest BCUT2D eigenvalue weighted by atomic mass is 32.1. The molecular formula is C13H11N3S. The zero-order valence-corrected chi connectivity index (χ0v) is 9.95. The van der Waals surface area contributed by atoms with E-state index in [4.69, 9.17) is 5.73 Å². The van der Waals surface area contributed by atoms with Crippen LogP contribution in [0.4, 0.5) is 5.82 Å². The molecule has 3 rings (SSSR count). The minimum absolute atomic E-state index is 0.559. The van der Waals surface area contributed by atoms with Crippen LogP contribution in [0.1, 0.15) is 10.6 Å². The molecule has 2 N–H and O–H groups in total. The maximum atomic E-state index is 5.66. The van der Waals surface area contributed by atoms with E-state index in [1.165, 1.54) is 4.70 Å². The van der Waals surface area contributed by atoms with Crippen molar-refractivity contribution in [2.24, 2.45) is 0 Å². The third-order valence-corrected chi connectivity index (χ3v) is 3.58. The molecule has 0 radical (unpaired) electrons. The Morgan fingerprint density at radius 1 is 1.18 bits per heavy atom. The van der Waals surface area contributed by atoms with Crippen LogP contribution in [0.5, 0.6) is 0 Å². The Hall–Kier alpha value is -1.94. The lowest BCUT2D eigenvalue weighted by Crippen LogP contribution is -1.93. The number of para-hydroxylation sites is 1. The van der Waals surface area contributed by atoms with Gasteiger partial charge < -0.3 is 5.73 Å². The first-order chi connectivity index (χ1) is 8.31. The number of nitrogens with zero attached hydrogens (tertiary/aromatic N) is 2. The summed E-state index contributed by atoms with van der Waals surface area (Å²) in [5.74, 6) is 0.559. The second-order valence-electron chi connectivity index (χ2n) is 3.84. The lowest BCUT2D eigenvalue weighted by molar-refractivity contribution is 1.14. The fraction of sp³-hybridized carbons (Fsp3) is 0.0769. The van der Waals surface area contributed by atoms with Crippen molar-refractivity contribution >= 4 is 27.4 Å². The quantitative estimate of drug-likeness (QED) is 0.750. The van der Waals surface area contributed by atoms with Gasteiger partial charge in [0, 0.05) is 12.6 Å². The van der Waals surface area contributed by atoms with E-state index < -0.39 is 0 Å². The van der Waals surface area contributed by atoms with E-state index in [2.05, 4.69) is 16.0 Å². The van der Waals surface area contributed by atoms with Crippen molar-refractivity contribution in [3.8, 4) is 0 Å². The van der Waals surface area contributed by atoms with E-state index >= 15 is 0 Å². The second-order valence-corrected chi connectivity index (χ2v) is 4.96. The number of fused-ring (bicyclic) bond motifs is 1. The van der Waals surface area contributed by atoms with Gasteiger partial charge in [0.2, 0.25) is 0 Å². The number of nitrogens with two attached hydrogens (primary N) is 1. The third-order valence-electron chi connectivity index (χ3n) is 2.54. The molecule has 0 aliphatic rings. The molecule has 3 nitrogen and oxygen atoms in total. The maximum Gasteiger partial charge on any atom is 0.123 e. The SMILES string of the molecule is Nc1cc(Cc2nc3ccccc3s2)ccn1. The first kappa shape index (κ1) is 10.2. The van der Waals surface area contributed by atoms with Gasteiger partial charge in [-0.1, -0.05) is 12.1 Å². The highest BCUT2D eigenvalue weighted by Crippen LogP contribution is 2.23. The minimum atomic E-state index is 0.559. The van der Waals surface area contributed by atoms with Crippen LogP contribution in [-0.4, -0.2) is 9.97 Å². The van der Waals surface area contributed by atoms with Crippen molar-refractivity contribution in [2.45, 2.75) is 6.42 Å². The zero-order chi connectivity index (χ0) is 11.7. The van der Waals surface area contributed by atoms with Crippen molar-refractivity contribution < 1.29 is 0 Å². The molecule has 1 aromatic carbocycles. The Bertz CT molecular complexity index is 627. The fourth-order valence-electron chi connectivity index (χ4n) is 1.77. The lowest BCUT2D eigenvalue weighted by atomic mass is 10.2. The number of hydrogen-bond donors (Lipinski definition) is 1. The molecule has 4 heteroatoms. The molecular weight excluding hydrogens is 230 g/mol.